The summed E-state index contributed by atoms with van der Waals surface area (Å²) in [6.45, 7) is 4.90. The molecule has 0 aliphatic heterocycles. The number of carbonyl (C=O) groups is 2. The van der Waals surface area contributed by atoms with E-state index in [1.807, 2.05) is 6.08 Å². The Labute approximate surface area is 474 Å². The fraction of sp³-hybridized carbons (Fsp3) is 0.886. The molecule has 0 saturated heterocycles. The standard InChI is InChI=1S/C70H133NO5/c1-3-5-7-9-11-13-15-17-19-21-23-24-25-26-27-28-30-31-34-38-42-46-50-54-58-62-68(73)67(66-72)71-69(74)63-59-55-51-47-43-39-35-33-37-41-45-49-53-57-61-65-76-70(75)64-60-56-52-48-44-40-36-32-29-22-20-18-16-14-12-10-8-6-4-2/h18,20,37,41,58,62,67-68,72-73H,3-17,19,21-36,38-40,42-57,59-61,63-66H2,1-2H3,(H,71,74)/b20-18-,41-37-,62-58+. The molecule has 6 heteroatoms. The summed E-state index contributed by atoms with van der Waals surface area (Å²) in [5.74, 6) is -0.0904. The Balaban J connectivity index is 3.48. The van der Waals surface area contributed by atoms with Crippen LogP contribution >= 0.6 is 0 Å². The molecule has 0 radical (unpaired) electrons. The highest BCUT2D eigenvalue weighted by atomic mass is 16.5. The van der Waals surface area contributed by atoms with E-state index in [1.54, 1.807) is 6.08 Å². The molecule has 0 aliphatic rings. The zero-order valence-electron chi connectivity index (χ0n) is 51.3. The van der Waals surface area contributed by atoms with Crippen LogP contribution < -0.4 is 5.32 Å². The lowest BCUT2D eigenvalue weighted by Crippen LogP contribution is -2.45. The van der Waals surface area contributed by atoms with E-state index >= 15 is 0 Å². The number of hydrogen-bond acceptors (Lipinski definition) is 5. The summed E-state index contributed by atoms with van der Waals surface area (Å²) in [6, 6.07) is -0.641. The molecular formula is C70H133NO5. The highest BCUT2D eigenvalue weighted by molar-refractivity contribution is 5.76. The second kappa shape index (κ2) is 65.6. The molecule has 2 unspecified atom stereocenters. The molecule has 0 aromatic rings. The molecule has 76 heavy (non-hydrogen) atoms. The van der Waals surface area contributed by atoms with Crippen molar-refractivity contribution in [3.05, 3.63) is 36.5 Å². The van der Waals surface area contributed by atoms with Gasteiger partial charge in [-0.3, -0.25) is 9.59 Å². The van der Waals surface area contributed by atoms with Gasteiger partial charge in [-0.1, -0.05) is 314 Å². The maximum atomic E-state index is 12.5. The summed E-state index contributed by atoms with van der Waals surface area (Å²) < 4.78 is 5.49. The first-order chi connectivity index (χ1) is 37.5. The smallest absolute Gasteiger partial charge is 0.305 e. The summed E-state index contributed by atoms with van der Waals surface area (Å²) in [4.78, 5) is 24.6. The second-order valence-electron chi connectivity index (χ2n) is 23.5. The van der Waals surface area contributed by atoms with Gasteiger partial charge < -0.3 is 20.3 Å². The van der Waals surface area contributed by atoms with Gasteiger partial charge in [0, 0.05) is 12.8 Å². The zero-order valence-corrected chi connectivity index (χ0v) is 51.3. The number of aliphatic hydroxyl groups is 2. The van der Waals surface area contributed by atoms with Gasteiger partial charge in [0.15, 0.2) is 0 Å². The molecule has 0 fully saturated rings. The monoisotopic (exact) mass is 1070 g/mol. The first-order valence-electron chi connectivity index (χ1n) is 34.3. The Hall–Kier alpha value is -1.92. The van der Waals surface area contributed by atoms with E-state index in [9.17, 15) is 19.8 Å². The van der Waals surface area contributed by atoms with Gasteiger partial charge in [-0.2, -0.15) is 0 Å². The van der Waals surface area contributed by atoms with E-state index < -0.39 is 12.1 Å². The van der Waals surface area contributed by atoms with Gasteiger partial charge in [0.2, 0.25) is 5.91 Å². The fourth-order valence-electron chi connectivity index (χ4n) is 10.6. The van der Waals surface area contributed by atoms with Crippen molar-refractivity contribution in [3.63, 3.8) is 0 Å². The third-order valence-electron chi connectivity index (χ3n) is 15.9. The van der Waals surface area contributed by atoms with Crippen LogP contribution in [0.25, 0.3) is 0 Å². The molecule has 6 nitrogen and oxygen atoms in total. The molecule has 0 aromatic heterocycles. The van der Waals surface area contributed by atoms with E-state index in [-0.39, 0.29) is 18.5 Å². The Bertz CT molecular complexity index is 1230. The zero-order chi connectivity index (χ0) is 55.0. The van der Waals surface area contributed by atoms with Crippen LogP contribution in [-0.4, -0.2) is 47.4 Å². The summed E-state index contributed by atoms with van der Waals surface area (Å²) in [7, 11) is 0. The average molecular weight is 1070 g/mol. The van der Waals surface area contributed by atoms with Gasteiger partial charge in [0.1, 0.15) is 0 Å². The van der Waals surface area contributed by atoms with Gasteiger partial charge in [0.25, 0.3) is 0 Å². The lowest BCUT2D eigenvalue weighted by Gasteiger charge is -2.20. The minimum absolute atomic E-state index is 0.0108. The molecule has 0 heterocycles. The molecule has 0 saturated carbocycles. The highest BCUT2D eigenvalue weighted by Crippen LogP contribution is 2.18. The summed E-state index contributed by atoms with van der Waals surface area (Å²) >= 11 is 0. The minimum Gasteiger partial charge on any atom is -0.466 e. The predicted molar refractivity (Wildman–Crippen MR) is 333 cm³/mol. The van der Waals surface area contributed by atoms with Crippen molar-refractivity contribution in [2.24, 2.45) is 0 Å². The van der Waals surface area contributed by atoms with Crippen LogP contribution in [0.3, 0.4) is 0 Å². The third kappa shape index (κ3) is 61.3. The molecule has 0 bridgehead atoms. The molecule has 448 valence electrons. The number of unbranched alkanes of at least 4 members (excludes halogenated alkanes) is 49. The predicted octanol–water partition coefficient (Wildman–Crippen LogP) is 21.9. The molecule has 0 aromatic carbocycles. The van der Waals surface area contributed by atoms with Crippen molar-refractivity contribution in [1.29, 1.82) is 0 Å². The van der Waals surface area contributed by atoms with Crippen molar-refractivity contribution in [3.8, 4) is 0 Å². The Kier molecular flexibility index (Phi) is 63.9. The Morgan fingerprint density at radius 1 is 0.355 bits per heavy atom. The maximum absolute atomic E-state index is 12.5. The second-order valence-corrected chi connectivity index (χ2v) is 23.5. The molecule has 2 atom stereocenters. The molecule has 3 N–H and O–H groups in total. The Morgan fingerprint density at radius 2 is 0.618 bits per heavy atom. The number of amides is 1. The molecular weight excluding hydrogens is 935 g/mol. The van der Waals surface area contributed by atoms with Crippen molar-refractivity contribution in [1.82, 2.24) is 5.32 Å². The van der Waals surface area contributed by atoms with Gasteiger partial charge in [-0.25, -0.2) is 0 Å². The van der Waals surface area contributed by atoms with E-state index in [0.717, 1.165) is 70.6 Å². The number of rotatable bonds is 64. The SMILES string of the molecule is CCCCCCCC/C=C\CCCCCCCCCCCC(=O)OCCCCCC/C=C\CCCCCCCCCC(=O)NC(CO)C(O)/C=C/CCCCCCCCCCCCCCCCCCCCCCCCC. The van der Waals surface area contributed by atoms with Gasteiger partial charge in [0.05, 0.1) is 25.4 Å². The lowest BCUT2D eigenvalue weighted by molar-refractivity contribution is -0.143. The van der Waals surface area contributed by atoms with E-state index in [0.29, 0.717) is 19.4 Å². The number of esters is 1. The van der Waals surface area contributed by atoms with Crippen LogP contribution in [0.5, 0.6) is 0 Å². The summed E-state index contributed by atoms with van der Waals surface area (Å²) in [5.41, 5.74) is 0. The largest absolute Gasteiger partial charge is 0.466 e. The first-order valence-corrected chi connectivity index (χ1v) is 34.3. The normalized spacial score (nSPS) is 12.7. The number of hydrogen-bond donors (Lipinski definition) is 3. The van der Waals surface area contributed by atoms with Gasteiger partial charge in [-0.15, -0.1) is 0 Å². The number of ether oxygens (including phenoxy) is 1. The molecule has 0 rings (SSSR count). The lowest BCUT2D eigenvalue weighted by atomic mass is 10.0. The molecule has 0 aliphatic carbocycles. The number of carbonyl (C=O) groups excluding carboxylic acids is 2. The average Bonchev–Trinajstić information content (AvgIpc) is 3.42. The van der Waals surface area contributed by atoms with Crippen LogP contribution in [0.15, 0.2) is 36.5 Å². The summed E-state index contributed by atoms with van der Waals surface area (Å²) in [6.07, 6.45) is 83.5. The van der Waals surface area contributed by atoms with Crippen LogP contribution in [0.1, 0.15) is 373 Å². The quantitative estimate of drug-likeness (QED) is 0.0320. The van der Waals surface area contributed by atoms with Crippen molar-refractivity contribution >= 4 is 11.9 Å². The number of allylic oxidation sites excluding steroid dienone is 5. The van der Waals surface area contributed by atoms with Crippen molar-refractivity contribution in [2.45, 2.75) is 386 Å². The Morgan fingerprint density at radius 3 is 0.934 bits per heavy atom. The van der Waals surface area contributed by atoms with E-state index in [2.05, 4.69) is 43.5 Å². The third-order valence-corrected chi connectivity index (χ3v) is 15.9. The fourth-order valence-corrected chi connectivity index (χ4v) is 10.6. The van der Waals surface area contributed by atoms with Crippen LogP contribution in [0.2, 0.25) is 0 Å². The van der Waals surface area contributed by atoms with E-state index in [1.165, 1.54) is 276 Å². The van der Waals surface area contributed by atoms with Gasteiger partial charge >= 0.3 is 5.97 Å². The van der Waals surface area contributed by atoms with Crippen LogP contribution in [0, 0.1) is 0 Å². The van der Waals surface area contributed by atoms with Crippen molar-refractivity contribution in [2.75, 3.05) is 13.2 Å². The number of nitrogens with one attached hydrogen (secondary N) is 1. The topological polar surface area (TPSA) is 95.9 Å². The summed E-state index contributed by atoms with van der Waals surface area (Å²) in [5, 5.41) is 23.3. The van der Waals surface area contributed by atoms with Crippen LogP contribution in [0.4, 0.5) is 0 Å². The van der Waals surface area contributed by atoms with E-state index in [4.69, 9.17) is 4.74 Å². The van der Waals surface area contributed by atoms with Gasteiger partial charge in [-0.05, 0) is 83.5 Å². The molecule has 0 spiro atoms. The van der Waals surface area contributed by atoms with Crippen LogP contribution in [-0.2, 0) is 14.3 Å². The maximum Gasteiger partial charge on any atom is 0.305 e. The highest BCUT2D eigenvalue weighted by Gasteiger charge is 2.18. The number of aliphatic hydroxyl groups excluding tert-OH is 2. The minimum atomic E-state index is -0.857. The van der Waals surface area contributed by atoms with Crippen molar-refractivity contribution < 1.29 is 24.5 Å². The first kappa shape index (κ1) is 74.1. The molecule has 1 amide bonds.